The molecule has 1 aromatic carbocycles. The molecule has 4 heteroatoms. The molecule has 1 unspecified atom stereocenters. The molecule has 1 aliphatic heterocycles. The molecule has 1 saturated heterocycles. The number of nitrogens with one attached hydrogen (secondary N) is 1. The van der Waals surface area contributed by atoms with Gasteiger partial charge in [0.1, 0.15) is 0 Å². The van der Waals surface area contributed by atoms with Crippen molar-refractivity contribution in [2.75, 3.05) is 13.1 Å². The van der Waals surface area contributed by atoms with Gasteiger partial charge >= 0.3 is 0 Å². The molecule has 0 amide bonds. The Morgan fingerprint density at radius 1 is 1.05 bits per heavy atom. The highest BCUT2D eigenvalue weighted by Crippen LogP contribution is 2.32. The van der Waals surface area contributed by atoms with E-state index >= 15 is 0 Å². The van der Waals surface area contributed by atoms with Crippen molar-refractivity contribution in [3.63, 3.8) is 0 Å². The van der Waals surface area contributed by atoms with Crippen LogP contribution in [0.4, 0.5) is 0 Å². The average molecular weight is 298 g/mol. The van der Waals surface area contributed by atoms with Crippen LogP contribution in [0.5, 0.6) is 0 Å². The maximum Gasteiger partial charge on any atom is 0.282 e. The summed E-state index contributed by atoms with van der Waals surface area (Å²) in [6.45, 7) is 3.42. The molecule has 2 heterocycles. The molecule has 2 fully saturated rings. The topological polar surface area (TPSA) is 43.4 Å². The molecule has 2 aromatic rings. The Morgan fingerprint density at radius 3 is 2.73 bits per heavy atom. The Kier molecular flexibility index (Phi) is 3.94. The van der Waals surface area contributed by atoms with E-state index in [1.807, 2.05) is 30.3 Å². The minimum atomic E-state index is 0.711. The third-order valence-corrected chi connectivity index (χ3v) is 5.39. The van der Waals surface area contributed by atoms with Gasteiger partial charge in [-0.3, -0.25) is 0 Å². The van der Waals surface area contributed by atoms with Crippen molar-refractivity contribution in [1.82, 2.24) is 10.1 Å². The van der Waals surface area contributed by atoms with Gasteiger partial charge in [-0.15, -0.1) is 0 Å². The zero-order chi connectivity index (χ0) is 14.8. The summed E-state index contributed by atoms with van der Waals surface area (Å²) in [4.78, 5) is 6.20. The molecule has 1 N–H and O–H groups in total. The van der Waals surface area contributed by atoms with E-state index in [0.29, 0.717) is 5.82 Å². The second-order valence-electron chi connectivity index (χ2n) is 6.85. The molecule has 1 saturated carbocycles. The van der Waals surface area contributed by atoms with Crippen molar-refractivity contribution in [2.24, 2.45) is 11.8 Å². The first-order chi connectivity index (χ1) is 10.9. The van der Waals surface area contributed by atoms with E-state index in [1.165, 1.54) is 45.2 Å². The van der Waals surface area contributed by atoms with Crippen LogP contribution in [-0.4, -0.2) is 23.2 Å². The maximum absolute atomic E-state index is 5.48. The second kappa shape index (κ2) is 6.21. The van der Waals surface area contributed by atoms with Gasteiger partial charge in [-0.25, -0.2) is 0 Å². The standard InChI is InChI=1S/C18H23N3O/c1-2-7-15(8-3-1)18-19-17(22-20-18)13-21-11-10-14-6-4-5-9-16(14)12-21/h1-3,7-8,14,16H,4-6,9-13H2/p+1/t14-,16-/m1/s1. The SMILES string of the molecule is c1ccc(-c2noc(C[NH+]3CC[C@H]4CCCC[C@@H]4C3)n2)cc1. The zero-order valence-electron chi connectivity index (χ0n) is 13.0. The Hall–Kier alpha value is -1.68. The van der Waals surface area contributed by atoms with Gasteiger partial charge in [0.05, 0.1) is 13.1 Å². The molecule has 1 aliphatic carbocycles. The van der Waals surface area contributed by atoms with E-state index in [0.717, 1.165) is 29.8 Å². The highest BCUT2D eigenvalue weighted by Gasteiger charge is 2.34. The van der Waals surface area contributed by atoms with Gasteiger partial charge in [-0.05, 0) is 25.2 Å². The highest BCUT2D eigenvalue weighted by molar-refractivity contribution is 5.53. The van der Waals surface area contributed by atoms with Crippen molar-refractivity contribution in [3.05, 3.63) is 36.2 Å². The molecular weight excluding hydrogens is 274 g/mol. The first kappa shape index (κ1) is 13.9. The van der Waals surface area contributed by atoms with Crippen LogP contribution in [0.1, 0.15) is 38.0 Å². The van der Waals surface area contributed by atoms with Crippen LogP contribution in [-0.2, 0) is 6.54 Å². The van der Waals surface area contributed by atoms with Gasteiger partial charge in [0.25, 0.3) is 5.89 Å². The molecule has 4 nitrogen and oxygen atoms in total. The van der Waals surface area contributed by atoms with Crippen molar-refractivity contribution in [2.45, 2.75) is 38.6 Å². The third-order valence-electron chi connectivity index (χ3n) is 5.39. The lowest BCUT2D eigenvalue weighted by atomic mass is 9.75. The molecule has 4 rings (SSSR count). The lowest BCUT2D eigenvalue weighted by Crippen LogP contribution is -3.12. The van der Waals surface area contributed by atoms with E-state index < -0.39 is 0 Å². The number of aromatic nitrogens is 2. The van der Waals surface area contributed by atoms with Crippen LogP contribution in [0.2, 0.25) is 0 Å². The van der Waals surface area contributed by atoms with Gasteiger partial charge in [-0.2, -0.15) is 4.98 Å². The number of quaternary nitrogens is 1. The van der Waals surface area contributed by atoms with Gasteiger partial charge in [0.15, 0.2) is 6.54 Å². The molecule has 1 aromatic heterocycles. The number of likely N-dealkylation sites (tertiary alicyclic amines) is 1. The zero-order valence-corrected chi connectivity index (χ0v) is 13.0. The molecule has 22 heavy (non-hydrogen) atoms. The molecule has 0 radical (unpaired) electrons. The Bertz CT molecular complexity index is 610. The fraction of sp³-hybridized carbons (Fsp3) is 0.556. The summed E-state index contributed by atoms with van der Waals surface area (Å²) >= 11 is 0. The second-order valence-corrected chi connectivity index (χ2v) is 6.85. The minimum absolute atomic E-state index is 0.711. The van der Waals surface area contributed by atoms with Gasteiger partial charge in [-0.1, -0.05) is 48.3 Å². The minimum Gasteiger partial charge on any atom is -0.333 e. The Labute approximate surface area is 131 Å². The lowest BCUT2D eigenvalue weighted by molar-refractivity contribution is -0.925. The van der Waals surface area contributed by atoms with Gasteiger partial charge in [0, 0.05) is 11.5 Å². The molecule has 116 valence electrons. The highest BCUT2D eigenvalue weighted by atomic mass is 16.5. The van der Waals surface area contributed by atoms with Crippen molar-refractivity contribution >= 4 is 0 Å². The quantitative estimate of drug-likeness (QED) is 0.946. The number of hydrogen-bond acceptors (Lipinski definition) is 3. The summed E-state index contributed by atoms with van der Waals surface area (Å²) in [6.07, 6.45) is 7.12. The van der Waals surface area contributed by atoms with E-state index in [2.05, 4.69) is 10.1 Å². The third kappa shape index (κ3) is 2.93. The van der Waals surface area contributed by atoms with Crippen LogP contribution in [0.25, 0.3) is 11.4 Å². The normalized spacial score (nSPS) is 28.3. The molecule has 0 spiro atoms. The lowest BCUT2D eigenvalue weighted by Gasteiger charge is -2.38. The Morgan fingerprint density at radius 2 is 1.86 bits per heavy atom. The smallest absolute Gasteiger partial charge is 0.282 e. The number of piperidine rings is 1. The number of hydrogen-bond donors (Lipinski definition) is 1. The van der Waals surface area contributed by atoms with Crippen LogP contribution < -0.4 is 4.90 Å². The predicted molar refractivity (Wildman–Crippen MR) is 84.2 cm³/mol. The number of benzene rings is 1. The van der Waals surface area contributed by atoms with Crippen LogP contribution >= 0.6 is 0 Å². The van der Waals surface area contributed by atoms with Crippen molar-refractivity contribution in [3.8, 4) is 11.4 Å². The molecule has 0 bridgehead atoms. The van der Waals surface area contributed by atoms with E-state index in [4.69, 9.17) is 4.52 Å². The van der Waals surface area contributed by atoms with Gasteiger partial charge in [0.2, 0.25) is 5.82 Å². The largest absolute Gasteiger partial charge is 0.333 e. The van der Waals surface area contributed by atoms with Crippen LogP contribution in [0.15, 0.2) is 34.9 Å². The molecular formula is C18H24N3O+. The summed E-state index contributed by atoms with van der Waals surface area (Å²) in [5.41, 5.74) is 1.03. The van der Waals surface area contributed by atoms with E-state index in [1.54, 1.807) is 4.90 Å². The predicted octanol–water partition coefficient (Wildman–Crippen LogP) is 2.33. The maximum atomic E-state index is 5.48. The summed E-state index contributed by atoms with van der Waals surface area (Å²) in [6, 6.07) is 10.1. The molecule has 3 atom stereocenters. The van der Waals surface area contributed by atoms with Crippen LogP contribution in [0.3, 0.4) is 0 Å². The fourth-order valence-electron chi connectivity index (χ4n) is 4.20. The van der Waals surface area contributed by atoms with Gasteiger partial charge < -0.3 is 9.42 Å². The number of nitrogens with zero attached hydrogens (tertiary/aromatic N) is 2. The Balaban J connectivity index is 1.40. The fourth-order valence-corrected chi connectivity index (χ4v) is 4.20. The summed E-state index contributed by atoms with van der Waals surface area (Å²) in [5.74, 6) is 3.40. The summed E-state index contributed by atoms with van der Waals surface area (Å²) in [5, 5.41) is 4.13. The van der Waals surface area contributed by atoms with E-state index in [-0.39, 0.29) is 0 Å². The summed E-state index contributed by atoms with van der Waals surface area (Å²) in [7, 11) is 0. The van der Waals surface area contributed by atoms with Crippen molar-refractivity contribution < 1.29 is 9.42 Å². The first-order valence-electron chi connectivity index (χ1n) is 8.60. The van der Waals surface area contributed by atoms with E-state index in [9.17, 15) is 0 Å². The monoisotopic (exact) mass is 298 g/mol. The molecule has 2 aliphatic rings. The summed E-state index contributed by atoms with van der Waals surface area (Å²) < 4.78 is 5.48. The first-order valence-corrected chi connectivity index (χ1v) is 8.60. The number of rotatable bonds is 3. The average Bonchev–Trinajstić information content (AvgIpc) is 3.04. The van der Waals surface area contributed by atoms with Crippen molar-refractivity contribution in [1.29, 1.82) is 0 Å². The van der Waals surface area contributed by atoms with Crippen LogP contribution in [0, 0.1) is 11.8 Å². The number of fused-ring (bicyclic) bond motifs is 1.